The molecule has 0 aliphatic carbocycles. The minimum absolute atomic E-state index is 0.00654. The Morgan fingerprint density at radius 3 is 2.54 bits per heavy atom. The van der Waals surface area contributed by atoms with Crippen LogP contribution < -0.4 is 10.6 Å². The van der Waals surface area contributed by atoms with Crippen LogP contribution in [0.3, 0.4) is 0 Å². The molecule has 1 saturated heterocycles. The molecule has 148 valence electrons. The van der Waals surface area contributed by atoms with Crippen LogP contribution in [-0.4, -0.2) is 36.1 Å². The number of aromatic nitrogens is 1. The number of benzene rings is 1. The van der Waals surface area contributed by atoms with Crippen LogP contribution in [0.4, 0.5) is 5.69 Å². The molecule has 0 radical (unpaired) electrons. The number of anilines is 1. The van der Waals surface area contributed by atoms with Crippen molar-refractivity contribution in [3.8, 4) is 0 Å². The fourth-order valence-corrected chi connectivity index (χ4v) is 3.53. The lowest BCUT2D eigenvalue weighted by molar-refractivity contribution is 0.0858. The first-order valence-corrected chi connectivity index (χ1v) is 9.90. The Hall–Kier alpha value is -1.57. The van der Waals surface area contributed by atoms with Crippen LogP contribution >= 0.6 is 46.4 Å². The Morgan fingerprint density at radius 2 is 1.82 bits per heavy atom. The molecule has 2 amide bonds. The SMILES string of the molecule is O=C(NCC1CCCO1)c1ccccc1NC(=O)c1nc(Cl)c(Cl)c(Cl)c1Cl. The number of halogens is 4. The summed E-state index contributed by atoms with van der Waals surface area (Å²) in [5, 5.41) is 5.03. The van der Waals surface area contributed by atoms with Gasteiger partial charge in [0.25, 0.3) is 11.8 Å². The van der Waals surface area contributed by atoms with E-state index in [0.29, 0.717) is 13.2 Å². The van der Waals surface area contributed by atoms with E-state index in [0.717, 1.165) is 12.8 Å². The summed E-state index contributed by atoms with van der Waals surface area (Å²) < 4.78 is 5.49. The molecule has 1 aromatic heterocycles. The van der Waals surface area contributed by atoms with Crippen molar-refractivity contribution in [2.45, 2.75) is 18.9 Å². The molecule has 1 aliphatic heterocycles. The molecule has 2 N–H and O–H groups in total. The molecule has 0 bridgehead atoms. The van der Waals surface area contributed by atoms with E-state index in [9.17, 15) is 9.59 Å². The molecular formula is C18H15Cl4N3O3. The minimum Gasteiger partial charge on any atom is -0.376 e. The number of para-hydroxylation sites is 1. The van der Waals surface area contributed by atoms with E-state index in [2.05, 4.69) is 15.6 Å². The Balaban J connectivity index is 1.78. The van der Waals surface area contributed by atoms with Gasteiger partial charge in [-0.3, -0.25) is 9.59 Å². The lowest BCUT2D eigenvalue weighted by atomic mass is 10.1. The molecule has 1 unspecified atom stereocenters. The molecule has 1 aromatic carbocycles. The van der Waals surface area contributed by atoms with Gasteiger partial charge in [-0.1, -0.05) is 58.5 Å². The van der Waals surface area contributed by atoms with E-state index in [4.69, 9.17) is 51.1 Å². The monoisotopic (exact) mass is 461 g/mol. The van der Waals surface area contributed by atoms with Crippen molar-refractivity contribution in [3.05, 3.63) is 55.7 Å². The maximum absolute atomic E-state index is 12.6. The van der Waals surface area contributed by atoms with Gasteiger partial charge in [0.05, 0.1) is 32.4 Å². The average molecular weight is 463 g/mol. The van der Waals surface area contributed by atoms with Crippen LogP contribution in [0.1, 0.15) is 33.7 Å². The first-order chi connectivity index (χ1) is 13.4. The number of amides is 2. The van der Waals surface area contributed by atoms with Crippen molar-refractivity contribution in [2.75, 3.05) is 18.5 Å². The van der Waals surface area contributed by atoms with Crippen LogP contribution in [0, 0.1) is 0 Å². The zero-order chi connectivity index (χ0) is 20.3. The highest BCUT2D eigenvalue weighted by Crippen LogP contribution is 2.36. The molecule has 3 rings (SSSR count). The third kappa shape index (κ3) is 4.70. The van der Waals surface area contributed by atoms with E-state index < -0.39 is 5.91 Å². The summed E-state index contributed by atoms with van der Waals surface area (Å²) >= 11 is 23.8. The molecular weight excluding hydrogens is 448 g/mol. The first kappa shape index (κ1) is 21.1. The topological polar surface area (TPSA) is 80.3 Å². The maximum atomic E-state index is 12.6. The van der Waals surface area contributed by atoms with Gasteiger partial charge in [-0.05, 0) is 25.0 Å². The standard InChI is InChI=1S/C18H15Cl4N3O3/c19-12-13(20)15(25-16(22)14(12)21)18(27)24-11-6-2-1-5-10(11)17(26)23-8-9-4-3-7-28-9/h1-2,5-6,9H,3-4,7-8H2,(H,23,26)(H,24,27). The highest BCUT2D eigenvalue weighted by molar-refractivity contribution is 6.52. The summed E-state index contributed by atoms with van der Waals surface area (Å²) in [4.78, 5) is 29.0. The van der Waals surface area contributed by atoms with Crippen molar-refractivity contribution in [1.82, 2.24) is 10.3 Å². The quantitative estimate of drug-likeness (QED) is 0.622. The predicted octanol–water partition coefficient (Wildman–Crippen LogP) is 4.86. The second-order valence-electron chi connectivity index (χ2n) is 6.04. The molecule has 0 spiro atoms. The first-order valence-electron chi connectivity index (χ1n) is 8.38. The van der Waals surface area contributed by atoms with Crippen molar-refractivity contribution in [1.29, 1.82) is 0 Å². The largest absolute Gasteiger partial charge is 0.376 e. The number of ether oxygens (including phenoxy) is 1. The van der Waals surface area contributed by atoms with Crippen LogP contribution in [0.5, 0.6) is 0 Å². The van der Waals surface area contributed by atoms with Gasteiger partial charge in [0.1, 0.15) is 10.8 Å². The zero-order valence-corrected chi connectivity index (χ0v) is 17.4. The molecule has 2 heterocycles. The summed E-state index contributed by atoms with van der Waals surface area (Å²) in [6.07, 6.45) is 1.89. The molecule has 28 heavy (non-hydrogen) atoms. The van der Waals surface area contributed by atoms with E-state index in [-0.39, 0.29) is 49.2 Å². The maximum Gasteiger partial charge on any atom is 0.275 e. The van der Waals surface area contributed by atoms with Crippen molar-refractivity contribution in [2.24, 2.45) is 0 Å². The van der Waals surface area contributed by atoms with E-state index >= 15 is 0 Å². The van der Waals surface area contributed by atoms with Gasteiger partial charge in [-0.2, -0.15) is 0 Å². The summed E-state index contributed by atoms with van der Waals surface area (Å²) in [6.45, 7) is 1.10. The van der Waals surface area contributed by atoms with Crippen LogP contribution in [-0.2, 0) is 4.74 Å². The van der Waals surface area contributed by atoms with Gasteiger partial charge in [0, 0.05) is 13.2 Å². The van der Waals surface area contributed by atoms with Crippen LogP contribution in [0.25, 0.3) is 0 Å². The van der Waals surface area contributed by atoms with Gasteiger partial charge >= 0.3 is 0 Å². The van der Waals surface area contributed by atoms with Gasteiger partial charge in [0.2, 0.25) is 0 Å². The normalized spacial score (nSPS) is 16.1. The van der Waals surface area contributed by atoms with Crippen molar-refractivity contribution in [3.63, 3.8) is 0 Å². The number of nitrogens with one attached hydrogen (secondary N) is 2. The second kappa shape index (κ2) is 9.29. The number of carbonyl (C=O) groups is 2. The smallest absolute Gasteiger partial charge is 0.275 e. The van der Waals surface area contributed by atoms with Gasteiger partial charge in [0.15, 0.2) is 0 Å². The highest BCUT2D eigenvalue weighted by atomic mass is 35.5. The van der Waals surface area contributed by atoms with Gasteiger partial charge < -0.3 is 15.4 Å². The summed E-state index contributed by atoms with van der Waals surface area (Å²) in [5.41, 5.74) is 0.379. The highest BCUT2D eigenvalue weighted by Gasteiger charge is 2.22. The van der Waals surface area contributed by atoms with E-state index in [1.54, 1.807) is 24.3 Å². The van der Waals surface area contributed by atoms with Crippen LogP contribution in [0.2, 0.25) is 20.2 Å². The van der Waals surface area contributed by atoms with Gasteiger partial charge in [-0.15, -0.1) is 0 Å². The molecule has 1 atom stereocenters. The Bertz CT molecular complexity index is 917. The summed E-state index contributed by atoms with van der Waals surface area (Å²) in [5.74, 6) is -1.01. The Morgan fingerprint density at radius 1 is 1.07 bits per heavy atom. The third-order valence-corrected chi connectivity index (χ3v) is 5.81. The number of rotatable bonds is 5. The predicted molar refractivity (Wildman–Crippen MR) is 110 cm³/mol. The minimum atomic E-state index is -0.676. The fourth-order valence-electron chi connectivity index (χ4n) is 2.72. The number of hydrogen-bond donors (Lipinski definition) is 2. The second-order valence-corrected chi connectivity index (χ2v) is 7.53. The van der Waals surface area contributed by atoms with Gasteiger partial charge in [-0.25, -0.2) is 4.98 Å². The molecule has 2 aromatic rings. The summed E-state index contributed by atoms with van der Waals surface area (Å²) in [7, 11) is 0. The fraction of sp³-hybridized carbons (Fsp3) is 0.278. The van der Waals surface area contributed by atoms with Crippen molar-refractivity contribution < 1.29 is 14.3 Å². The lowest BCUT2D eigenvalue weighted by Gasteiger charge is -2.14. The van der Waals surface area contributed by atoms with E-state index in [1.165, 1.54) is 0 Å². The Kier molecular flexibility index (Phi) is 7.01. The zero-order valence-electron chi connectivity index (χ0n) is 14.4. The average Bonchev–Trinajstić information content (AvgIpc) is 3.21. The Labute approximate surface area is 181 Å². The van der Waals surface area contributed by atoms with E-state index in [1.807, 2.05) is 0 Å². The lowest BCUT2D eigenvalue weighted by Crippen LogP contribution is -2.32. The number of carbonyl (C=O) groups excluding carboxylic acids is 2. The van der Waals surface area contributed by atoms with Crippen molar-refractivity contribution >= 4 is 63.9 Å². The number of hydrogen-bond acceptors (Lipinski definition) is 4. The molecule has 6 nitrogen and oxygen atoms in total. The third-order valence-electron chi connectivity index (χ3n) is 4.13. The number of nitrogens with zero attached hydrogens (tertiary/aromatic N) is 1. The molecule has 10 heteroatoms. The van der Waals surface area contributed by atoms with Crippen LogP contribution in [0.15, 0.2) is 24.3 Å². The number of pyridine rings is 1. The molecule has 0 saturated carbocycles. The summed E-state index contributed by atoms with van der Waals surface area (Å²) in [6, 6.07) is 6.56. The molecule has 1 aliphatic rings. The molecule has 1 fully saturated rings.